The van der Waals surface area contributed by atoms with Crippen LogP contribution in [0.25, 0.3) is 10.2 Å². The van der Waals surface area contributed by atoms with Gasteiger partial charge in [-0.3, -0.25) is 0 Å². The van der Waals surface area contributed by atoms with Gasteiger partial charge in [-0.25, -0.2) is 9.97 Å². The number of thiophene rings is 1. The van der Waals surface area contributed by atoms with Crippen LogP contribution >= 0.6 is 11.3 Å². The van der Waals surface area contributed by atoms with Crippen LogP contribution in [0.3, 0.4) is 0 Å². The van der Waals surface area contributed by atoms with Crippen LogP contribution in [0, 0.1) is 11.8 Å². The van der Waals surface area contributed by atoms with Crippen LogP contribution in [0.2, 0.25) is 0 Å². The molecule has 0 saturated carbocycles. The molecule has 1 aliphatic heterocycles. The molecule has 0 radical (unpaired) electrons. The van der Waals surface area contributed by atoms with Crippen molar-refractivity contribution in [3.8, 4) is 0 Å². The van der Waals surface area contributed by atoms with Crippen molar-refractivity contribution in [1.29, 1.82) is 0 Å². The molecule has 21 heavy (non-hydrogen) atoms. The summed E-state index contributed by atoms with van der Waals surface area (Å²) in [4.78, 5) is 12.4. The number of likely N-dealkylation sites (tertiary alicyclic amines) is 1. The molecule has 114 valence electrons. The van der Waals surface area contributed by atoms with Crippen molar-refractivity contribution in [2.24, 2.45) is 11.8 Å². The predicted octanol–water partition coefficient (Wildman–Crippen LogP) is 3.47. The van der Waals surface area contributed by atoms with E-state index in [1.807, 2.05) is 0 Å². The fourth-order valence-electron chi connectivity index (χ4n) is 3.51. The Morgan fingerprint density at radius 2 is 2.10 bits per heavy atom. The van der Waals surface area contributed by atoms with Crippen LogP contribution in [0.1, 0.15) is 27.2 Å². The molecular formula is C16H24N4S. The van der Waals surface area contributed by atoms with E-state index in [0.29, 0.717) is 6.04 Å². The van der Waals surface area contributed by atoms with Gasteiger partial charge in [0.25, 0.3) is 0 Å². The maximum atomic E-state index is 4.41. The van der Waals surface area contributed by atoms with Crippen LogP contribution in [-0.4, -0.2) is 40.5 Å². The molecule has 2 aromatic rings. The van der Waals surface area contributed by atoms with E-state index in [4.69, 9.17) is 0 Å². The Bertz CT molecular complexity index is 587. The van der Waals surface area contributed by atoms with Gasteiger partial charge < -0.3 is 10.2 Å². The molecule has 2 aromatic heterocycles. The lowest BCUT2D eigenvalue weighted by molar-refractivity contribution is 0.138. The van der Waals surface area contributed by atoms with E-state index >= 15 is 0 Å². The molecule has 0 bridgehead atoms. The van der Waals surface area contributed by atoms with Gasteiger partial charge in [0.05, 0.1) is 5.39 Å². The average molecular weight is 304 g/mol. The highest BCUT2D eigenvalue weighted by molar-refractivity contribution is 7.16. The fraction of sp³-hybridized carbons (Fsp3) is 0.625. The van der Waals surface area contributed by atoms with E-state index in [1.165, 1.54) is 19.5 Å². The summed E-state index contributed by atoms with van der Waals surface area (Å²) in [5.74, 6) is 2.58. The van der Waals surface area contributed by atoms with Gasteiger partial charge in [-0.2, -0.15) is 0 Å². The molecule has 0 unspecified atom stereocenters. The van der Waals surface area contributed by atoms with Gasteiger partial charge in [-0.05, 0) is 36.6 Å². The van der Waals surface area contributed by atoms with Crippen molar-refractivity contribution in [3.63, 3.8) is 0 Å². The quantitative estimate of drug-likeness (QED) is 0.939. The first-order chi connectivity index (χ1) is 10.1. The summed E-state index contributed by atoms with van der Waals surface area (Å²) in [5.41, 5.74) is 0. The zero-order valence-corrected chi connectivity index (χ0v) is 13.9. The molecule has 3 atom stereocenters. The maximum Gasteiger partial charge on any atom is 0.138 e. The first-order valence-electron chi connectivity index (χ1n) is 7.79. The monoisotopic (exact) mass is 304 g/mol. The van der Waals surface area contributed by atoms with Crippen LogP contribution in [0.4, 0.5) is 5.82 Å². The van der Waals surface area contributed by atoms with Gasteiger partial charge >= 0.3 is 0 Å². The number of piperidine rings is 1. The Morgan fingerprint density at radius 1 is 1.33 bits per heavy atom. The number of nitrogens with zero attached hydrogens (tertiary/aromatic N) is 3. The number of rotatable bonds is 4. The van der Waals surface area contributed by atoms with Gasteiger partial charge in [0.1, 0.15) is 17.0 Å². The van der Waals surface area contributed by atoms with Crippen molar-refractivity contribution < 1.29 is 0 Å². The highest BCUT2D eigenvalue weighted by atomic mass is 32.1. The van der Waals surface area contributed by atoms with Gasteiger partial charge in [-0.15, -0.1) is 11.3 Å². The molecule has 5 heteroatoms. The van der Waals surface area contributed by atoms with E-state index in [-0.39, 0.29) is 0 Å². The van der Waals surface area contributed by atoms with Crippen molar-refractivity contribution >= 4 is 27.4 Å². The Morgan fingerprint density at radius 3 is 2.86 bits per heavy atom. The SMILES string of the molecule is C[C@@H]1C[C@H](C)CN(C[C@H](C)Nc2ncnc3sccc23)C1. The molecule has 1 N–H and O–H groups in total. The Balaban J connectivity index is 1.63. The molecule has 0 amide bonds. The standard InChI is InChI=1S/C16H24N4S/c1-11-6-12(2)8-20(7-11)9-13(3)19-15-14-4-5-21-16(14)18-10-17-15/h4-5,10-13H,6-9H2,1-3H3,(H,17,18,19)/t11-,12+,13-/m0/s1. The summed E-state index contributed by atoms with van der Waals surface area (Å²) in [6, 6.07) is 2.49. The van der Waals surface area contributed by atoms with Crippen LogP contribution in [0.15, 0.2) is 17.8 Å². The zero-order valence-electron chi connectivity index (χ0n) is 13.0. The average Bonchev–Trinajstić information content (AvgIpc) is 2.86. The second-order valence-corrected chi connectivity index (χ2v) is 7.47. The first-order valence-corrected chi connectivity index (χ1v) is 8.67. The molecule has 3 heterocycles. The molecule has 1 fully saturated rings. The van der Waals surface area contributed by atoms with Gasteiger partial charge in [0.15, 0.2) is 0 Å². The molecule has 0 aliphatic carbocycles. The predicted molar refractivity (Wildman–Crippen MR) is 89.9 cm³/mol. The summed E-state index contributed by atoms with van der Waals surface area (Å²) < 4.78 is 0. The fourth-order valence-corrected chi connectivity index (χ4v) is 4.25. The third kappa shape index (κ3) is 3.52. The second kappa shape index (κ2) is 6.28. The largest absolute Gasteiger partial charge is 0.366 e. The molecule has 1 aliphatic rings. The topological polar surface area (TPSA) is 41.0 Å². The van der Waals surface area contributed by atoms with Crippen LogP contribution < -0.4 is 5.32 Å². The minimum absolute atomic E-state index is 0.389. The number of fused-ring (bicyclic) bond motifs is 1. The molecule has 0 spiro atoms. The van der Waals surface area contributed by atoms with Crippen molar-refractivity contribution in [2.75, 3.05) is 25.0 Å². The number of hydrogen-bond donors (Lipinski definition) is 1. The summed E-state index contributed by atoms with van der Waals surface area (Å²) >= 11 is 1.66. The van der Waals surface area contributed by atoms with Gasteiger partial charge in [0, 0.05) is 25.7 Å². The Kier molecular flexibility index (Phi) is 4.40. The molecule has 4 nitrogen and oxygen atoms in total. The van der Waals surface area contributed by atoms with E-state index < -0.39 is 0 Å². The summed E-state index contributed by atoms with van der Waals surface area (Å²) in [5, 5.41) is 6.77. The lowest BCUT2D eigenvalue weighted by Gasteiger charge is -2.36. The maximum absolute atomic E-state index is 4.41. The summed E-state index contributed by atoms with van der Waals surface area (Å²) in [6.45, 7) is 10.5. The molecule has 1 saturated heterocycles. The van der Waals surface area contributed by atoms with Crippen LogP contribution in [-0.2, 0) is 0 Å². The lowest BCUT2D eigenvalue weighted by atomic mass is 9.92. The minimum atomic E-state index is 0.389. The van der Waals surface area contributed by atoms with E-state index in [0.717, 1.165) is 34.4 Å². The second-order valence-electron chi connectivity index (χ2n) is 6.57. The van der Waals surface area contributed by atoms with E-state index in [9.17, 15) is 0 Å². The van der Waals surface area contributed by atoms with Gasteiger partial charge in [0.2, 0.25) is 0 Å². The molecule has 0 aromatic carbocycles. The van der Waals surface area contributed by atoms with Crippen molar-refractivity contribution in [2.45, 2.75) is 33.2 Å². The molecular weight excluding hydrogens is 280 g/mol. The van der Waals surface area contributed by atoms with Crippen molar-refractivity contribution in [1.82, 2.24) is 14.9 Å². The Labute approximate surface area is 130 Å². The third-order valence-electron chi connectivity index (χ3n) is 4.12. The number of hydrogen-bond acceptors (Lipinski definition) is 5. The number of anilines is 1. The normalized spacial score (nSPS) is 25.1. The molecule has 3 rings (SSSR count). The lowest BCUT2D eigenvalue weighted by Crippen LogP contribution is -2.43. The zero-order chi connectivity index (χ0) is 14.8. The Hall–Kier alpha value is -1.20. The van der Waals surface area contributed by atoms with Gasteiger partial charge in [-0.1, -0.05) is 13.8 Å². The first kappa shape index (κ1) is 14.7. The van der Waals surface area contributed by atoms with E-state index in [1.54, 1.807) is 17.7 Å². The van der Waals surface area contributed by atoms with Crippen molar-refractivity contribution in [3.05, 3.63) is 17.8 Å². The number of nitrogens with one attached hydrogen (secondary N) is 1. The summed E-state index contributed by atoms with van der Waals surface area (Å²) in [7, 11) is 0. The minimum Gasteiger partial charge on any atom is -0.366 e. The van der Waals surface area contributed by atoms with Crippen LogP contribution in [0.5, 0.6) is 0 Å². The van der Waals surface area contributed by atoms with E-state index in [2.05, 4.69) is 52.4 Å². The third-order valence-corrected chi connectivity index (χ3v) is 4.94. The highest BCUT2D eigenvalue weighted by Gasteiger charge is 2.23. The smallest absolute Gasteiger partial charge is 0.138 e. The summed E-state index contributed by atoms with van der Waals surface area (Å²) in [6.07, 6.45) is 3.01. The number of aromatic nitrogens is 2. The highest BCUT2D eigenvalue weighted by Crippen LogP contribution is 2.25.